The fourth-order valence-electron chi connectivity index (χ4n) is 6.77. The maximum absolute atomic E-state index is 14.4. The van der Waals surface area contributed by atoms with E-state index >= 15 is 0 Å². The van der Waals surface area contributed by atoms with Crippen LogP contribution >= 0.6 is 0 Å². The molecule has 0 unspecified atom stereocenters. The van der Waals surface area contributed by atoms with Crippen LogP contribution < -0.4 is 9.80 Å². The van der Waals surface area contributed by atoms with E-state index in [2.05, 4.69) is 87.7 Å². The van der Waals surface area contributed by atoms with E-state index in [0.29, 0.717) is 22.7 Å². The van der Waals surface area contributed by atoms with Crippen LogP contribution in [0.2, 0.25) is 0 Å². The second kappa shape index (κ2) is 13.2. The molecule has 0 amide bonds. The molecule has 0 saturated carbocycles. The van der Waals surface area contributed by atoms with Gasteiger partial charge in [0.2, 0.25) is 0 Å². The molecule has 0 spiro atoms. The molecule has 0 N–H and O–H groups in total. The molecule has 7 aromatic rings. The molecule has 52 heavy (non-hydrogen) atoms. The number of halogens is 4. The van der Waals surface area contributed by atoms with Crippen molar-refractivity contribution in [2.75, 3.05) is 9.80 Å². The first kappa shape index (κ1) is 34.8. The van der Waals surface area contributed by atoms with Crippen molar-refractivity contribution in [3.63, 3.8) is 0 Å². The first-order valence-corrected chi connectivity index (χ1v) is 17.4. The van der Waals surface area contributed by atoms with E-state index in [-0.39, 0.29) is 34.1 Å². The molecule has 7 aromatic carbocycles. The van der Waals surface area contributed by atoms with Gasteiger partial charge in [-0.05, 0) is 131 Å². The van der Waals surface area contributed by atoms with E-state index in [1.165, 1.54) is 48.5 Å². The lowest BCUT2D eigenvalue weighted by atomic mass is 9.82. The second-order valence-electron chi connectivity index (χ2n) is 15.3. The number of rotatable bonds is 6. The molecule has 7 rings (SSSR count). The first-order valence-electron chi connectivity index (χ1n) is 17.4. The number of hydrogen-bond donors (Lipinski definition) is 0. The van der Waals surface area contributed by atoms with Gasteiger partial charge in [-0.3, -0.25) is 0 Å². The Labute approximate surface area is 302 Å². The maximum atomic E-state index is 14.4. The minimum atomic E-state index is -0.369. The topological polar surface area (TPSA) is 6.48 Å². The number of benzene rings is 7. The lowest BCUT2D eigenvalue weighted by Crippen LogP contribution is -2.17. The van der Waals surface area contributed by atoms with Gasteiger partial charge in [-0.25, -0.2) is 17.6 Å². The number of nitrogens with zero attached hydrogens (tertiary/aromatic N) is 2. The Hall–Kier alpha value is -5.62. The van der Waals surface area contributed by atoms with E-state index in [1.54, 1.807) is 48.5 Å². The highest BCUT2D eigenvalue weighted by Gasteiger charge is 2.28. The smallest absolute Gasteiger partial charge is 0.123 e. The minimum Gasteiger partial charge on any atom is -0.309 e. The van der Waals surface area contributed by atoms with Gasteiger partial charge in [0.15, 0.2) is 0 Å². The van der Waals surface area contributed by atoms with Crippen molar-refractivity contribution in [1.29, 1.82) is 0 Å². The molecule has 0 aliphatic rings. The quantitative estimate of drug-likeness (QED) is 0.0970. The molecule has 0 aromatic heterocycles. The predicted octanol–water partition coefficient (Wildman–Crippen LogP) is 14.1. The summed E-state index contributed by atoms with van der Waals surface area (Å²) < 4.78 is 57.8. The third-order valence-corrected chi connectivity index (χ3v) is 9.58. The molecular weight excluding hydrogens is 657 g/mol. The van der Waals surface area contributed by atoms with Crippen molar-refractivity contribution in [1.82, 2.24) is 0 Å². The Morgan fingerprint density at radius 2 is 0.577 bits per heavy atom. The van der Waals surface area contributed by atoms with E-state index in [4.69, 9.17) is 0 Å². The van der Waals surface area contributed by atoms with Gasteiger partial charge >= 0.3 is 0 Å². The van der Waals surface area contributed by atoms with Gasteiger partial charge in [-0.15, -0.1) is 0 Å². The summed E-state index contributed by atoms with van der Waals surface area (Å²) in [7, 11) is 0. The Balaban J connectivity index is 1.71. The van der Waals surface area contributed by atoms with Gasteiger partial charge in [0.1, 0.15) is 23.3 Å². The summed E-state index contributed by atoms with van der Waals surface area (Å²) in [6, 6.07) is 38.1. The maximum Gasteiger partial charge on any atom is 0.123 e. The zero-order valence-corrected chi connectivity index (χ0v) is 30.1. The monoisotopic (exact) mass is 696 g/mol. The molecule has 0 aliphatic heterocycles. The standard InChI is InChI=1S/C46H40F4N2/c1-45(2,3)29-7-25-39-41(27-29)43(51(35-17-9-31(47)10-18-35)36-19-11-32(48)12-20-36)40-26-8-30(46(4,5)6)28-42(40)44(39)52(37-21-13-33(49)14-22-37)38-23-15-34(50)16-24-38/h7-28H,1-6H3. The first-order chi connectivity index (χ1) is 24.7. The molecule has 0 atom stereocenters. The van der Waals surface area contributed by atoms with E-state index in [1.807, 2.05) is 0 Å². The number of hydrogen-bond acceptors (Lipinski definition) is 2. The van der Waals surface area contributed by atoms with Crippen molar-refractivity contribution in [3.05, 3.63) is 168 Å². The third kappa shape index (κ3) is 6.61. The summed E-state index contributed by atoms with van der Waals surface area (Å²) in [5.74, 6) is -1.47. The van der Waals surface area contributed by atoms with Crippen molar-refractivity contribution < 1.29 is 17.6 Å². The van der Waals surface area contributed by atoms with Crippen LogP contribution in [-0.2, 0) is 10.8 Å². The SMILES string of the molecule is CC(C)(C)c1ccc2c(N(c3ccc(F)cc3)c3ccc(F)cc3)c3cc(C(C)(C)C)ccc3c(N(c3ccc(F)cc3)c3ccc(F)cc3)c2c1. The average Bonchev–Trinajstić information content (AvgIpc) is 3.11. The average molecular weight is 697 g/mol. The van der Waals surface area contributed by atoms with Crippen LogP contribution in [-0.4, -0.2) is 0 Å². The lowest BCUT2D eigenvalue weighted by Gasteiger charge is -2.34. The Morgan fingerprint density at radius 1 is 0.327 bits per heavy atom. The summed E-state index contributed by atoms with van der Waals surface area (Å²) >= 11 is 0. The van der Waals surface area contributed by atoms with E-state index in [9.17, 15) is 17.6 Å². The zero-order valence-electron chi connectivity index (χ0n) is 30.1. The van der Waals surface area contributed by atoms with E-state index < -0.39 is 0 Å². The van der Waals surface area contributed by atoms with Crippen LogP contribution in [0, 0.1) is 23.3 Å². The highest BCUT2D eigenvalue weighted by Crippen LogP contribution is 2.52. The third-order valence-electron chi connectivity index (χ3n) is 9.58. The molecule has 6 heteroatoms. The summed E-state index contributed by atoms with van der Waals surface area (Å²) in [6.45, 7) is 13.0. The fourth-order valence-corrected chi connectivity index (χ4v) is 6.77. The number of fused-ring (bicyclic) bond motifs is 2. The van der Waals surface area contributed by atoms with Gasteiger partial charge in [0.05, 0.1) is 11.4 Å². The summed E-state index contributed by atoms with van der Waals surface area (Å²) in [5, 5.41) is 3.54. The van der Waals surface area contributed by atoms with Crippen molar-refractivity contribution in [2.24, 2.45) is 0 Å². The molecule has 0 heterocycles. The molecular formula is C46H40F4N2. The highest BCUT2D eigenvalue weighted by molar-refractivity contribution is 6.23. The molecule has 0 aliphatic carbocycles. The molecule has 262 valence electrons. The molecule has 0 bridgehead atoms. The Kier molecular flexibility index (Phi) is 8.82. The van der Waals surface area contributed by atoms with Gasteiger partial charge in [-0.1, -0.05) is 65.8 Å². The van der Waals surface area contributed by atoms with Crippen LogP contribution in [0.15, 0.2) is 133 Å². The van der Waals surface area contributed by atoms with Gasteiger partial charge in [-0.2, -0.15) is 0 Å². The Bertz CT molecular complexity index is 2120. The Morgan fingerprint density at radius 3 is 0.808 bits per heavy atom. The van der Waals surface area contributed by atoms with Gasteiger partial charge in [0, 0.05) is 44.3 Å². The molecule has 0 radical (unpaired) electrons. The van der Waals surface area contributed by atoms with Crippen LogP contribution in [0.1, 0.15) is 52.7 Å². The lowest BCUT2D eigenvalue weighted by molar-refractivity contribution is 0.590. The van der Waals surface area contributed by atoms with E-state index in [0.717, 1.165) is 44.0 Å². The summed E-state index contributed by atoms with van der Waals surface area (Å²) in [6.07, 6.45) is 0. The van der Waals surface area contributed by atoms with Crippen LogP contribution in [0.5, 0.6) is 0 Å². The van der Waals surface area contributed by atoms with Gasteiger partial charge in [0.25, 0.3) is 0 Å². The highest BCUT2D eigenvalue weighted by atomic mass is 19.1. The normalized spacial score (nSPS) is 12.0. The number of anilines is 6. The van der Waals surface area contributed by atoms with Gasteiger partial charge < -0.3 is 9.80 Å². The minimum absolute atomic E-state index is 0.221. The molecule has 0 fully saturated rings. The van der Waals surface area contributed by atoms with Crippen molar-refractivity contribution >= 4 is 55.7 Å². The zero-order chi connectivity index (χ0) is 36.9. The van der Waals surface area contributed by atoms with Crippen molar-refractivity contribution in [2.45, 2.75) is 52.4 Å². The van der Waals surface area contributed by atoms with Crippen molar-refractivity contribution in [3.8, 4) is 0 Å². The van der Waals surface area contributed by atoms with Crippen LogP contribution in [0.4, 0.5) is 51.7 Å². The largest absolute Gasteiger partial charge is 0.309 e. The second-order valence-corrected chi connectivity index (χ2v) is 15.3. The van der Waals surface area contributed by atoms with Crippen LogP contribution in [0.25, 0.3) is 21.5 Å². The summed E-state index contributed by atoms with van der Waals surface area (Å²) in [4.78, 5) is 4.10. The predicted molar refractivity (Wildman–Crippen MR) is 208 cm³/mol. The molecule has 0 saturated heterocycles. The fraction of sp³-hybridized carbons (Fsp3) is 0.174. The van der Waals surface area contributed by atoms with Crippen LogP contribution in [0.3, 0.4) is 0 Å². The summed E-state index contributed by atoms with van der Waals surface area (Å²) in [5.41, 5.74) is 6.17. The molecule has 2 nitrogen and oxygen atoms in total.